The maximum Gasteiger partial charge on any atom is 0.335 e. The standard InChI is InChI=1S/C14H19NO3.C3H8O/c1-9(2)8-13(16)15-10(3)11-4-6-12(7-5-11)14(17)18;1-3(2)4/h4-7,9-10H,8H2,1-3H3,(H,15,16)(H,17,18);3-4H,1-2H3. The molecule has 5 heteroatoms. The second-order valence-electron chi connectivity index (χ2n) is 5.91. The molecule has 1 aromatic rings. The van der Waals surface area contributed by atoms with Gasteiger partial charge in [-0.15, -0.1) is 0 Å². The van der Waals surface area contributed by atoms with Gasteiger partial charge in [0, 0.05) is 12.5 Å². The van der Waals surface area contributed by atoms with Crippen LogP contribution in [0, 0.1) is 5.92 Å². The summed E-state index contributed by atoms with van der Waals surface area (Å²) in [6.07, 6.45) is 0.331. The van der Waals surface area contributed by atoms with Crippen molar-refractivity contribution in [3.8, 4) is 0 Å². The number of hydrogen-bond acceptors (Lipinski definition) is 3. The molecule has 1 amide bonds. The van der Waals surface area contributed by atoms with Gasteiger partial charge in [-0.3, -0.25) is 4.79 Å². The van der Waals surface area contributed by atoms with Gasteiger partial charge < -0.3 is 15.5 Å². The first-order valence-electron chi connectivity index (χ1n) is 7.44. The second-order valence-corrected chi connectivity index (χ2v) is 5.91. The van der Waals surface area contributed by atoms with E-state index >= 15 is 0 Å². The molecule has 0 saturated carbocycles. The lowest BCUT2D eigenvalue weighted by atomic mass is 10.1. The highest BCUT2D eigenvalue weighted by atomic mass is 16.4. The summed E-state index contributed by atoms with van der Waals surface area (Å²) in [6.45, 7) is 9.31. The Morgan fingerprint density at radius 3 is 1.86 bits per heavy atom. The Labute approximate surface area is 132 Å². The summed E-state index contributed by atoms with van der Waals surface area (Å²) in [4.78, 5) is 22.3. The zero-order valence-electron chi connectivity index (χ0n) is 14.0. The fraction of sp³-hybridized carbons (Fsp3) is 0.529. The molecule has 5 nitrogen and oxygen atoms in total. The fourth-order valence-electron chi connectivity index (χ4n) is 1.67. The Kier molecular flexibility index (Phi) is 9.10. The molecule has 0 bridgehead atoms. The van der Waals surface area contributed by atoms with Crippen LogP contribution in [0.1, 0.15) is 63.0 Å². The zero-order chi connectivity index (χ0) is 17.3. The van der Waals surface area contributed by atoms with Crippen LogP contribution >= 0.6 is 0 Å². The van der Waals surface area contributed by atoms with Crippen molar-refractivity contribution in [1.82, 2.24) is 5.32 Å². The number of aromatic carboxylic acids is 1. The highest BCUT2D eigenvalue weighted by molar-refractivity contribution is 5.87. The summed E-state index contributed by atoms with van der Waals surface area (Å²) in [5, 5.41) is 19.7. The topological polar surface area (TPSA) is 86.6 Å². The number of benzene rings is 1. The van der Waals surface area contributed by atoms with Crippen LogP contribution in [0.2, 0.25) is 0 Å². The third kappa shape index (κ3) is 9.13. The Bertz CT molecular complexity index is 463. The highest BCUT2D eigenvalue weighted by Gasteiger charge is 2.11. The van der Waals surface area contributed by atoms with E-state index in [4.69, 9.17) is 10.2 Å². The van der Waals surface area contributed by atoms with Gasteiger partial charge >= 0.3 is 5.97 Å². The van der Waals surface area contributed by atoms with Gasteiger partial charge in [0.15, 0.2) is 0 Å². The van der Waals surface area contributed by atoms with Crippen molar-refractivity contribution in [2.24, 2.45) is 5.92 Å². The quantitative estimate of drug-likeness (QED) is 0.780. The lowest BCUT2D eigenvalue weighted by Gasteiger charge is -2.15. The van der Waals surface area contributed by atoms with Crippen molar-refractivity contribution >= 4 is 11.9 Å². The van der Waals surface area contributed by atoms with E-state index < -0.39 is 5.97 Å². The van der Waals surface area contributed by atoms with Crippen molar-refractivity contribution < 1.29 is 19.8 Å². The number of carboxylic acids is 1. The molecule has 3 N–H and O–H groups in total. The summed E-state index contributed by atoms with van der Waals surface area (Å²) in [5.41, 5.74) is 1.15. The Morgan fingerprint density at radius 2 is 1.50 bits per heavy atom. The zero-order valence-corrected chi connectivity index (χ0v) is 14.0. The molecule has 0 radical (unpaired) electrons. The van der Waals surface area contributed by atoms with Crippen LogP contribution < -0.4 is 5.32 Å². The summed E-state index contributed by atoms with van der Waals surface area (Å²) >= 11 is 0. The summed E-state index contributed by atoms with van der Waals surface area (Å²) < 4.78 is 0. The minimum atomic E-state index is -0.946. The van der Waals surface area contributed by atoms with E-state index in [1.54, 1.807) is 38.1 Å². The number of carbonyl (C=O) groups is 2. The van der Waals surface area contributed by atoms with Gasteiger partial charge in [0.25, 0.3) is 0 Å². The van der Waals surface area contributed by atoms with E-state index in [0.717, 1.165) is 5.56 Å². The number of carbonyl (C=O) groups excluding carboxylic acids is 1. The van der Waals surface area contributed by atoms with Crippen molar-refractivity contribution in [3.63, 3.8) is 0 Å². The van der Waals surface area contributed by atoms with Crippen LogP contribution in [0.15, 0.2) is 24.3 Å². The lowest BCUT2D eigenvalue weighted by Crippen LogP contribution is -2.27. The molecule has 22 heavy (non-hydrogen) atoms. The molecule has 0 aliphatic carbocycles. The van der Waals surface area contributed by atoms with Crippen LogP contribution in [0.25, 0.3) is 0 Å². The fourth-order valence-corrected chi connectivity index (χ4v) is 1.67. The minimum absolute atomic E-state index is 0.0137. The third-order valence-corrected chi connectivity index (χ3v) is 2.63. The SMILES string of the molecule is CC(C)CC(=O)NC(C)c1ccc(C(=O)O)cc1.CC(C)O. The van der Waals surface area contributed by atoms with Gasteiger partial charge in [-0.1, -0.05) is 26.0 Å². The van der Waals surface area contributed by atoms with Crippen molar-refractivity contribution in [2.45, 2.75) is 53.2 Å². The number of carboxylic acid groups (broad SMARTS) is 1. The average molecular weight is 309 g/mol. The number of hydrogen-bond donors (Lipinski definition) is 3. The van der Waals surface area contributed by atoms with E-state index in [1.165, 1.54) is 0 Å². The molecular weight excluding hydrogens is 282 g/mol. The maximum absolute atomic E-state index is 11.6. The van der Waals surface area contributed by atoms with Gasteiger partial charge in [-0.25, -0.2) is 4.79 Å². The van der Waals surface area contributed by atoms with Gasteiger partial charge in [0.05, 0.1) is 11.6 Å². The number of amides is 1. The normalized spacial score (nSPS) is 11.6. The van der Waals surface area contributed by atoms with E-state index in [2.05, 4.69) is 5.32 Å². The number of nitrogens with one attached hydrogen (secondary N) is 1. The van der Waals surface area contributed by atoms with Crippen LogP contribution in [0.5, 0.6) is 0 Å². The largest absolute Gasteiger partial charge is 0.478 e. The van der Waals surface area contributed by atoms with Crippen LogP contribution in [-0.4, -0.2) is 28.2 Å². The molecule has 0 fully saturated rings. The van der Waals surface area contributed by atoms with Gasteiger partial charge in [0.2, 0.25) is 5.91 Å². The first kappa shape index (κ1) is 20.1. The van der Waals surface area contributed by atoms with E-state index in [0.29, 0.717) is 12.3 Å². The van der Waals surface area contributed by atoms with Crippen LogP contribution in [0.4, 0.5) is 0 Å². The van der Waals surface area contributed by atoms with Gasteiger partial charge in [-0.2, -0.15) is 0 Å². The van der Waals surface area contributed by atoms with E-state index in [1.807, 2.05) is 20.8 Å². The van der Waals surface area contributed by atoms with Crippen LogP contribution in [0.3, 0.4) is 0 Å². The molecule has 1 atom stereocenters. The van der Waals surface area contributed by atoms with Gasteiger partial charge in [0.1, 0.15) is 0 Å². The monoisotopic (exact) mass is 309 g/mol. The molecule has 0 aromatic heterocycles. The van der Waals surface area contributed by atoms with E-state index in [-0.39, 0.29) is 23.6 Å². The summed E-state index contributed by atoms with van der Waals surface area (Å²) in [7, 11) is 0. The number of rotatable bonds is 5. The average Bonchev–Trinajstić information content (AvgIpc) is 2.36. The summed E-state index contributed by atoms with van der Waals surface area (Å²) in [6, 6.07) is 6.43. The second kappa shape index (κ2) is 9.95. The smallest absolute Gasteiger partial charge is 0.335 e. The molecule has 0 heterocycles. The molecular formula is C17H27NO4. The first-order chi connectivity index (χ1) is 10.1. The maximum atomic E-state index is 11.6. The Balaban J connectivity index is 0.000000980. The number of aliphatic hydroxyl groups is 1. The molecule has 0 saturated heterocycles. The molecule has 1 unspecified atom stereocenters. The number of aliphatic hydroxyl groups excluding tert-OH is 1. The highest BCUT2D eigenvalue weighted by Crippen LogP contribution is 2.14. The molecule has 0 aliphatic heterocycles. The predicted octanol–water partition coefficient (Wildman–Crippen LogP) is 3.00. The lowest BCUT2D eigenvalue weighted by molar-refractivity contribution is -0.122. The minimum Gasteiger partial charge on any atom is -0.478 e. The summed E-state index contributed by atoms with van der Waals surface area (Å²) in [5.74, 6) is -0.607. The Hall–Kier alpha value is -1.88. The molecule has 124 valence electrons. The van der Waals surface area contributed by atoms with Gasteiger partial charge in [-0.05, 0) is 44.4 Å². The predicted molar refractivity (Wildman–Crippen MR) is 86.8 cm³/mol. The van der Waals surface area contributed by atoms with E-state index in [9.17, 15) is 9.59 Å². The van der Waals surface area contributed by atoms with Crippen molar-refractivity contribution in [3.05, 3.63) is 35.4 Å². The first-order valence-corrected chi connectivity index (χ1v) is 7.44. The Morgan fingerprint density at radius 1 is 1.05 bits per heavy atom. The van der Waals surface area contributed by atoms with Crippen molar-refractivity contribution in [1.29, 1.82) is 0 Å². The third-order valence-electron chi connectivity index (χ3n) is 2.63. The molecule has 1 rings (SSSR count). The van der Waals surface area contributed by atoms with Crippen LogP contribution in [-0.2, 0) is 4.79 Å². The molecule has 1 aromatic carbocycles. The molecule has 0 spiro atoms. The van der Waals surface area contributed by atoms with Crippen molar-refractivity contribution in [2.75, 3.05) is 0 Å². The molecule has 0 aliphatic rings.